The molecular formula is C28H24ClNO5. The van der Waals surface area contributed by atoms with Gasteiger partial charge >= 0.3 is 0 Å². The van der Waals surface area contributed by atoms with Crippen LogP contribution < -0.4 is 19.8 Å². The van der Waals surface area contributed by atoms with Crippen LogP contribution in [0, 0.1) is 0 Å². The van der Waals surface area contributed by atoms with E-state index in [1.165, 1.54) is 0 Å². The zero-order chi connectivity index (χ0) is 24.5. The van der Waals surface area contributed by atoms with Gasteiger partial charge in [-0.05, 0) is 54.4 Å². The maximum Gasteiger partial charge on any atom is 0.295 e. The minimum absolute atomic E-state index is 0.0231. The average Bonchev–Trinajstić information content (AvgIpc) is 3.17. The number of benzene rings is 3. The van der Waals surface area contributed by atoms with Crippen molar-refractivity contribution >= 4 is 34.2 Å². The van der Waals surface area contributed by atoms with Crippen LogP contribution in [0.4, 0.5) is 5.69 Å². The van der Waals surface area contributed by atoms with Crippen LogP contribution in [0.1, 0.15) is 47.5 Å². The molecule has 6 nitrogen and oxygen atoms in total. The van der Waals surface area contributed by atoms with Crippen molar-refractivity contribution in [3.8, 4) is 11.5 Å². The number of methoxy groups -OCH3 is 1. The Morgan fingerprint density at radius 1 is 1.00 bits per heavy atom. The summed E-state index contributed by atoms with van der Waals surface area (Å²) in [5.41, 5.74) is 1.63. The van der Waals surface area contributed by atoms with Crippen LogP contribution in [0.2, 0.25) is 5.02 Å². The molecule has 1 aliphatic heterocycles. The molecule has 0 saturated carbocycles. The first-order chi connectivity index (χ1) is 17.0. The number of anilines is 1. The fourth-order valence-electron chi connectivity index (χ4n) is 4.40. The third-order valence-electron chi connectivity index (χ3n) is 6.10. The first-order valence-corrected chi connectivity index (χ1v) is 11.9. The fourth-order valence-corrected chi connectivity index (χ4v) is 4.57. The van der Waals surface area contributed by atoms with Gasteiger partial charge in [0.2, 0.25) is 5.76 Å². The van der Waals surface area contributed by atoms with Gasteiger partial charge in [-0.1, -0.05) is 43.1 Å². The van der Waals surface area contributed by atoms with Crippen molar-refractivity contribution in [2.24, 2.45) is 0 Å². The smallest absolute Gasteiger partial charge is 0.295 e. The molecule has 3 aromatic carbocycles. The zero-order valence-corrected chi connectivity index (χ0v) is 20.2. The molecule has 0 bridgehead atoms. The van der Waals surface area contributed by atoms with E-state index in [1.54, 1.807) is 48.4 Å². The molecule has 0 aliphatic carbocycles. The molecule has 1 amide bonds. The summed E-state index contributed by atoms with van der Waals surface area (Å²) in [7, 11) is 1.57. The molecule has 1 atom stereocenters. The summed E-state index contributed by atoms with van der Waals surface area (Å²) in [6, 6.07) is 18.8. The molecular weight excluding hydrogens is 466 g/mol. The monoisotopic (exact) mass is 489 g/mol. The van der Waals surface area contributed by atoms with Gasteiger partial charge in [0, 0.05) is 16.8 Å². The van der Waals surface area contributed by atoms with Gasteiger partial charge in [-0.25, -0.2) is 0 Å². The highest BCUT2D eigenvalue weighted by Gasteiger charge is 2.44. The van der Waals surface area contributed by atoms with E-state index in [-0.39, 0.29) is 16.8 Å². The Morgan fingerprint density at radius 2 is 1.80 bits per heavy atom. The Hall–Kier alpha value is -3.77. The third kappa shape index (κ3) is 4.15. The van der Waals surface area contributed by atoms with Gasteiger partial charge in [-0.15, -0.1) is 0 Å². The Kier molecular flexibility index (Phi) is 6.22. The van der Waals surface area contributed by atoms with Gasteiger partial charge in [-0.2, -0.15) is 0 Å². The van der Waals surface area contributed by atoms with Crippen LogP contribution in [0.15, 0.2) is 75.9 Å². The van der Waals surface area contributed by atoms with Crippen LogP contribution in [-0.4, -0.2) is 19.6 Å². The molecule has 4 aromatic rings. The highest BCUT2D eigenvalue weighted by atomic mass is 35.5. The van der Waals surface area contributed by atoms with Gasteiger partial charge in [0.1, 0.15) is 17.1 Å². The van der Waals surface area contributed by atoms with Crippen molar-refractivity contribution < 1.29 is 18.7 Å². The maximum atomic E-state index is 13.7. The summed E-state index contributed by atoms with van der Waals surface area (Å²) < 4.78 is 17.3. The fraction of sp³-hybridized carbons (Fsp3) is 0.214. The highest BCUT2D eigenvalue weighted by molar-refractivity contribution is 6.31. The van der Waals surface area contributed by atoms with Crippen molar-refractivity contribution in [3.05, 3.63) is 98.9 Å². The number of fused-ring (bicyclic) bond motifs is 2. The predicted molar refractivity (Wildman–Crippen MR) is 136 cm³/mol. The summed E-state index contributed by atoms with van der Waals surface area (Å²) in [5.74, 6) is 0.896. The van der Waals surface area contributed by atoms with E-state index in [4.69, 9.17) is 25.5 Å². The normalized spacial score (nSPS) is 14.9. The van der Waals surface area contributed by atoms with E-state index in [0.717, 1.165) is 18.4 Å². The van der Waals surface area contributed by atoms with E-state index in [9.17, 15) is 9.59 Å². The van der Waals surface area contributed by atoms with Crippen LogP contribution in [0.5, 0.6) is 11.5 Å². The summed E-state index contributed by atoms with van der Waals surface area (Å²) >= 11 is 6.17. The lowest BCUT2D eigenvalue weighted by molar-refractivity contribution is 0.0971. The minimum atomic E-state index is -0.709. The molecule has 0 spiro atoms. The molecule has 0 radical (unpaired) electrons. The van der Waals surface area contributed by atoms with Crippen molar-refractivity contribution in [1.82, 2.24) is 0 Å². The number of halogens is 1. The lowest BCUT2D eigenvalue weighted by Gasteiger charge is -2.26. The Morgan fingerprint density at radius 3 is 2.60 bits per heavy atom. The van der Waals surface area contributed by atoms with E-state index >= 15 is 0 Å². The molecule has 1 unspecified atom stereocenters. The Balaban J connectivity index is 1.72. The molecule has 0 N–H and O–H groups in total. The maximum absolute atomic E-state index is 13.7. The molecule has 7 heteroatoms. The topological polar surface area (TPSA) is 69.0 Å². The van der Waals surface area contributed by atoms with E-state index in [2.05, 4.69) is 6.92 Å². The quantitative estimate of drug-likeness (QED) is 0.281. The molecule has 0 saturated heterocycles. The number of nitrogens with zero attached hydrogens (tertiary/aromatic N) is 1. The summed E-state index contributed by atoms with van der Waals surface area (Å²) in [6.45, 7) is 2.69. The number of carbonyl (C=O) groups is 1. The average molecular weight is 490 g/mol. The molecule has 0 fully saturated rings. The van der Waals surface area contributed by atoms with Crippen LogP contribution in [0.25, 0.3) is 11.0 Å². The Bertz CT molecular complexity index is 1480. The first kappa shape index (κ1) is 23.0. The number of ether oxygens (including phenoxy) is 2. The minimum Gasteiger partial charge on any atom is -0.497 e. The van der Waals surface area contributed by atoms with Gasteiger partial charge in [0.15, 0.2) is 5.43 Å². The SMILES string of the molecule is CCCCOc1cccc(C2c3c(oc4ccc(Cl)cc4c3=O)C(=O)N2c2cccc(OC)c2)c1. The molecule has 178 valence electrons. The standard InChI is InChI=1S/C28H24ClNO5/c1-3-4-13-34-21-10-5-7-17(14-21)25-24-26(31)22-15-18(29)11-12-23(22)35-27(24)28(32)30(25)19-8-6-9-20(16-19)33-2/h5-12,14-16,25H,3-4,13H2,1-2H3. The number of hydrogen-bond acceptors (Lipinski definition) is 5. The largest absolute Gasteiger partial charge is 0.497 e. The lowest BCUT2D eigenvalue weighted by Crippen LogP contribution is -2.29. The highest BCUT2D eigenvalue weighted by Crippen LogP contribution is 2.42. The second kappa shape index (κ2) is 9.47. The van der Waals surface area contributed by atoms with Gasteiger partial charge in [-0.3, -0.25) is 14.5 Å². The number of carbonyl (C=O) groups excluding carboxylic acids is 1. The van der Waals surface area contributed by atoms with Crippen LogP contribution >= 0.6 is 11.6 Å². The zero-order valence-electron chi connectivity index (χ0n) is 19.4. The molecule has 35 heavy (non-hydrogen) atoms. The molecule has 5 rings (SSSR count). The van der Waals surface area contributed by atoms with Crippen molar-refractivity contribution in [1.29, 1.82) is 0 Å². The Labute approximate surface area is 207 Å². The van der Waals surface area contributed by atoms with Gasteiger partial charge in [0.25, 0.3) is 5.91 Å². The van der Waals surface area contributed by atoms with E-state index in [1.807, 2.05) is 30.3 Å². The number of hydrogen-bond donors (Lipinski definition) is 0. The molecule has 2 heterocycles. The summed E-state index contributed by atoms with van der Waals surface area (Å²) in [4.78, 5) is 29.1. The first-order valence-electron chi connectivity index (χ1n) is 11.5. The van der Waals surface area contributed by atoms with E-state index < -0.39 is 11.9 Å². The molecule has 1 aromatic heterocycles. The van der Waals surface area contributed by atoms with Crippen molar-refractivity contribution in [2.45, 2.75) is 25.8 Å². The van der Waals surface area contributed by atoms with E-state index in [0.29, 0.717) is 39.8 Å². The summed E-state index contributed by atoms with van der Waals surface area (Å²) in [5, 5.41) is 0.749. The second-order valence-electron chi connectivity index (χ2n) is 8.37. The number of amides is 1. The molecule has 1 aliphatic rings. The number of unbranched alkanes of at least 4 members (excludes halogenated alkanes) is 1. The van der Waals surface area contributed by atoms with Crippen molar-refractivity contribution in [2.75, 3.05) is 18.6 Å². The third-order valence-corrected chi connectivity index (χ3v) is 6.34. The number of rotatable bonds is 7. The summed E-state index contributed by atoms with van der Waals surface area (Å²) in [6.07, 6.45) is 1.95. The lowest BCUT2D eigenvalue weighted by atomic mass is 9.98. The predicted octanol–water partition coefficient (Wildman–Crippen LogP) is 6.38. The van der Waals surface area contributed by atoms with Crippen LogP contribution in [-0.2, 0) is 0 Å². The second-order valence-corrected chi connectivity index (χ2v) is 8.80. The van der Waals surface area contributed by atoms with Crippen molar-refractivity contribution in [3.63, 3.8) is 0 Å². The van der Waals surface area contributed by atoms with Crippen LogP contribution in [0.3, 0.4) is 0 Å². The van der Waals surface area contributed by atoms with Gasteiger partial charge in [0.05, 0.1) is 30.7 Å². The van der Waals surface area contributed by atoms with Gasteiger partial charge < -0.3 is 13.9 Å².